The van der Waals surface area contributed by atoms with Crippen LogP contribution in [0, 0.1) is 5.92 Å². The molecule has 2 rings (SSSR count). The van der Waals surface area contributed by atoms with Crippen LogP contribution in [-0.4, -0.2) is 34.9 Å². The fourth-order valence-corrected chi connectivity index (χ4v) is 2.42. The summed E-state index contributed by atoms with van der Waals surface area (Å²) in [6.45, 7) is 1.35. The van der Waals surface area contributed by atoms with E-state index in [0.29, 0.717) is 35.5 Å². The number of aromatic hydroxyl groups is 1. The molecular weight excluding hydrogens is 261 g/mol. The Hall–Kier alpha value is -0.930. The van der Waals surface area contributed by atoms with Crippen molar-refractivity contribution in [1.29, 1.82) is 0 Å². The molecule has 1 aromatic rings. The number of carbonyl (C=O) groups is 1. The zero-order chi connectivity index (χ0) is 12.4. The Kier molecular flexibility index (Phi) is 3.79. The lowest BCUT2D eigenvalue weighted by molar-refractivity contribution is 0.0785. The molecule has 0 saturated carbocycles. The van der Waals surface area contributed by atoms with E-state index in [1.165, 1.54) is 6.07 Å². The number of halogens is 2. The summed E-state index contributed by atoms with van der Waals surface area (Å²) in [5.41, 5.74) is 0.296. The zero-order valence-electron chi connectivity index (χ0n) is 9.20. The number of phenolic OH excluding ortho intramolecular Hbond substituents is 1. The summed E-state index contributed by atoms with van der Waals surface area (Å²) in [7, 11) is 0. The number of carbonyl (C=O) groups excluding carboxylic acids is 1. The van der Waals surface area contributed by atoms with Gasteiger partial charge in [-0.05, 0) is 30.5 Å². The second-order valence-electron chi connectivity index (χ2n) is 4.22. The van der Waals surface area contributed by atoms with E-state index in [1.807, 2.05) is 0 Å². The van der Waals surface area contributed by atoms with Crippen LogP contribution in [0.15, 0.2) is 18.2 Å². The maximum Gasteiger partial charge on any atom is 0.257 e. The van der Waals surface area contributed by atoms with Crippen LogP contribution in [0.2, 0.25) is 5.02 Å². The second kappa shape index (κ2) is 5.15. The van der Waals surface area contributed by atoms with Gasteiger partial charge in [-0.3, -0.25) is 4.79 Å². The van der Waals surface area contributed by atoms with Gasteiger partial charge in [0.05, 0.1) is 5.56 Å². The summed E-state index contributed by atoms with van der Waals surface area (Å²) in [4.78, 5) is 13.8. The largest absolute Gasteiger partial charge is 0.507 e. The molecule has 0 radical (unpaired) electrons. The van der Waals surface area contributed by atoms with Crippen molar-refractivity contribution in [3.8, 4) is 5.75 Å². The fourth-order valence-electron chi connectivity index (χ4n) is 2.00. The van der Waals surface area contributed by atoms with Gasteiger partial charge in [-0.25, -0.2) is 0 Å². The van der Waals surface area contributed by atoms with Crippen molar-refractivity contribution in [1.82, 2.24) is 4.90 Å². The Labute approximate surface area is 110 Å². The van der Waals surface area contributed by atoms with Crippen LogP contribution in [0.1, 0.15) is 16.8 Å². The highest BCUT2D eigenvalue weighted by atomic mass is 35.5. The molecular formula is C12H13Cl2NO2. The van der Waals surface area contributed by atoms with Crippen molar-refractivity contribution in [2.45, 2.75) is 6.42 Å². The van der Waals surface area contributed by atoms with E-state index in [4.69, 9.17) is 23.2 Å². The molecule has 1 amide bonds. The van der Waals surface area contributed by atoms with Crippen molar-refractivity contribution in [3.63, 3.8) is 0 Å². The number of hydrogen-bond donors (Lipinski definition) is 1. The second-order valence-corrected chi connectivity index (χ2v) is 4.97. The van der Waals surface area contributed by atoms with Crippen LogP contribution in [0.5, 0.6) is 5.75 Å². The van der Waals surface area contributed by atoms with Crippen LogP contribution in [-0.2, 0) is 0 Å². The van der Waals surface area contributed by atoms with E-state index in [9.17, 15) is 9.90 Å². The number of benzene rings is 1. The van der Waals surface area contributed by atoms with Gasteiger partial charge in [0.15, 0.2) is 0 Å². The zero-order valence-corrected chi connectivity index (χ0v) is 10.7. The van der Waals surface area contributed by atoms with Crippen LogP contribution >= 0.6 is 23.2 Å². The topological polar surface area (TPSA) is 40.5 Å². The highest BCUT2D eigenvalue weighted by molar-refractivity contribution is 6.30. The van der Waals surface area contributed by atoms with Gasteiger partial charge in [-0.1, -0.05) is 11.6 Å². The Bertz CT molecular complexity index is 437. The van der Waals surface area contributed by atoms with Gasteiger partial charge >= 0.3 is 0 Å². The molecule has 0 bridgehead atoms. The van der Waals surface area contributed by atoms with Crippen LogP contribution in [0.3, 0.4) is 0 Å². The molecule has 1 N–H and O–H groups in total. The predicted octanol–water partition coefficient (Wildman–Crippen LogP) is 2.75. The average molecular weight is 274 g/mol. The van der Waals surface area contributed by atoms with Gasteiger partial charge in [0.1, 0.15) is 5.75 Å². The molecule has 1 fully saturated rings. The number of hydrogen-bond acceptors (Lipinski definition) is 2. The molecule has 1 aliphatic rings. The standard InChI is InChI=1S/C12H13Cl2NO2/c13-6-8-3-4-15(7-8)12(17)10-2-1-9(14)5-11(10)16/h1-2,5,8,16H,3-4,6-7H2. The quantitative estimate of drug-likeness (QED) is 0.842. The third-order valence-electron chi connectivity index (χ3n) is 2.98. The smallest absolute Gasteiger partial charge is 0.257 e. The van der Waals surface area contributed by atoms with Gasteiger partial charge in [0.25, 0.3) is 5.91 Å². The molecule has 1 aliphatic heterocycles. The first kappa shape index (κ1) is 12.5. The van der Waals surface area contributed by atoms with E-state index < -0.39 is 0 Å². The van der Waals surface area contributed by atoms with Gasteiger partial charge in [-0.15, -0.1) is 11.6 Å². The highest BCUT2D eigenvalue weighted by Gasteiger charge is 2.27. The molecule has 1 unspecified atom stereocenters. The predicted molar refractivity (Wildman–Crippen MR) is 67.8 cm³/mol. The number of nitrogens with zero attached hydrogens (tertiary/aromatic N) is 1. The lowest BCUT2D eigenvalue weighted by atomic mass is 10.1. The number of amides is 1. The average Bonchev–Trinajstić information content (AvgIpc) is 2.76. The third-order valence-corrected chi connectivity index (χ3v) is 3.65. The fraction of sp³-hybridized carbons (Fsp3) is 0.417. The Morgan fingerprint density at radius 1 is 1.53 bits per heavy atom. The van der Waals surface area contributed by atoms with E-state index >= 15 is 0 Å². The number of phenols is 1. The lowest BCUT2D eigenvalue weighted by Gasteiger charge is -2.16. The third kappa shape index (κ3) is 2.67. The van der Waals surface area contributed by atoms with E-state index in [2.05, 4.69) is 0 Å². The minimum absolute atomic E-state index is 0.0724. The number of rotatable bonds is 2. The normalized spacial score (nSPS) is 19.6. The monoisotopic (exact) mass is 273 g/mol. The molecule has 1 heterocycles. The van der Waals surface area contributed by atoms with Crippen LogP contribution in [0.4, 0.5) is 0 Å². The minimum Gasteiger partial charge on any atom is -0.507 e. The van der Waals surface area contributed by atoms with Gasteiger partial charge < -0.3 is 10.0 Å². The van der Waals surface area contributed by atoms with Gasteiger partial charge in [-0.2, -0.15) is 0 Å². The van der Waals surface area contributed by atoms with Crippen molar-refractivity contribution in [2.75, 3.05) is 19.0 Å². The maximum absolute atomic E-state index is 12.1. The first-order valence-electron chi connectivity index (χ1n) is 5.45. The van der Waals surface area contributed by atoms with Crippen molar-refractivity contribution in [2.24, 2.45) is 5.92 Å². The molecule has 1 saturated heterocycles. The molecule has 92 valence electrons. The summed E-state index contributed by atoms with van der Waals surface area (Å²) >= 11 is 11.5. The van der Waals surface area contributed by atoms with Crippen LogP contribution < -0.4 is 0 Å². The van der Waals surface area contributed by atoms with E-state index in [0.717, 1.165) is 6.42 Å². The SMILES string of the molecule is O=C(c1ccc(Cl)cc1O)N1CCC(CCl)C1. The molecule has 17 heavy (non-hydrogen) atoms. The molecule has 1 aromatic carbocycles. The summed E-state index contributed by atoms with van der Waals surface area (Å²) < 4.78 is 0. The Morgan fingerprint density at radius 3 is 2.88 bits per heavy atom. The van der Waals surface area contributed by atoms with Gasteiger partial charge in [0.2, 0.25) is 0 Å². The summed E-state index contributed by atoms with van der Waals surface area (Å²) in [6.07, 6.45) is 0.920. The Morgan fingerprint density at radius 2 is 2.29 bits per heavy atom. The number of alkyl halides is 1. The van der Waals surface area contributed by atoms with Crippen molar-refractivity contribution < 1.29 is 9.90 Å². The minimum atomic E-state index is -0.160. The lowest BCUT2D eigenvalue weighted by Crippen LogP contribution is -2.28. The van der Waals surface area contributed by atoms with Gasteiger partial charge in [0, 0.05) is 24.0 Å². The molecule has 0 spiro atoms. The van der Waals surface area contributed by atoms with E-state index in [-0.39, 0.29) is 11.7 Å². The molecule has 0 aromatic heterocycles. The summed E-state index contributed by atoms with van der Waals surface area (Å²) in [5, 5.41) is 10.1. The Balaban J connectivity index is 2.15. The first-order valence-corrected chi connectivity index (χ1v) is 6.37. The molecule has 1 atom stereocenters. The summed E-state index contributed by atoms with van der Waals surface area (Å²) in [6, 6.07) is 4.53. The molecule has 5 heteroatoms. The highest BCUT2D eigenvalue weighted by Crippen LogP contribution is 2.26. The number of likely N-dealkylation sites (tertiary alicyclic amines) is 1. The molecule has 0 aliphatic carbocycles. The molecule has 3 nitrogen and oxygen atoms in total. The van der Waals surface area contributed by atoms with Crippen molar-refractivity contribution in [3.05, 3.63) is 28.8 Å². The summed E-state index contributed by atoms with van der Waals surface area (Å²) in [5.74, 6) is 0.690. The maximum atomic E-state index is 12.1. The first-order chi connectivity index (χ1) is 8.11. The van der Waals surface area contributed by atoms with E-state index in [1.54, 1.807) is 17.0 Å². The van der Waals surface area contributed by atoms with Crippen molar-refractivity contribution >= 4 is 29.1 Å². The van der Waals surface area contributed by atoms with Crippen LogP contribution in [0.25, 0.3) is 0 Å².